The molecule has 5 nitrogen and oxygen atoms in total. The fourth-order valence-electron chi connectivity index (χ4n) is 2.70. The number of carbonyl (C=O) groups excluding carboxylic acids is 1. The SMILES string of the molecule is Cc1ccc(NC(=O)c2cccc(S(=O)(=O)Nc3ccccc3F)c2)c(C)c1. The maximum atomic E-state index is 13.8. The first-order chi connectivity index (χ1) is 13.3. The summed E-state index contributed by atoms with van der Waals surface area (Å²) in [5, 5.41) is 2.78. The van der Waals surface area contributed by atoms with Gasteiger partial charge in [-0.25, -0.2) is 12.8 Å². The molecule has 0 fully saturated rings. The number of nitrogens with one attached hydrogen (secondary N) is 2. The van der Waals surface area contributed by atoms with E-state index in [0.717, 1.165) is 17.2 Å². The molecule has 3 aromatic carbocycles. The Hall–Kier alpha value is -3.19. The molecule has 0 aliphatic rings. The van der Waals surface area contributed by atoms with Crippen molar-refractivity contribution in [2.24, 2.45) is 0 Å². The summed E-state index contributed by atoms with van der Waals surface area (Å²) in [7, 11) is -4.05. The Morgan fingerprint density at radius 1 is 0.893 bits per heavy atom. The molecular formula is C21H19FN2O3S. The second-order valence-electron chi connectivity index (χ2n) is 6.39. The first-order valence-corrected chi connectivity index (χ1v) is 10.0. The zero-order valence-corrected chi connectivity index (χ0v) is 16.2. The summed E-state index contributed by atoms with van der Waals surface area (Å²) in [4.78, 5) is 12.4. The van der Waals surface area contributed by atoms with Crippen molar-refractivity contribution in [3.05, 3.63) is 89.2 Å². The highest BCUT2D eigenvalue weighted by atomic mass is 32.2. The van der Waals surface area contributed by atoms with Crippen LogP contribution in [-0.2, 0) is 10.0 Å². The van der Waals surface area contributed by atoms with Gasteiger partial charge in [0.2, 0.25) is 0 Å². The number of anilines is 2. The first-order valence-electron chi connectivity index (χ1n) is 8.52. The van der Waals surface area contributed by atoms with Gasteiger partial charge in [-0.15, -0.1) is 0 Å². The summed E-state index contributed by atoms with van der Waals surface area (Å²) in [6.45, 7) is 3.83. The zero-order chi connectivity index (χ0) is 20.3. The molecule has 144 valence electrons. The third kappa shape index (κ3) is 4.37. The molecule has 3 aromatic rings. The molecule has 0 bridgehead atoms. The standard InChI is InChI=1S/C21H19FN2O3S/c1-14-10-11-19(15(2)12-14)23-21(25)16-6-5-7-17(13-16)28(26,27)24-20-9-4-3-8-18(20)22/h3-13,24H,1-2H3,(H,23,25). The van der Waals surface area contributed by atoms with Gasteiger partial charge < -0.3 is 5.32 Å². The van der Waals surface area contributed by atoms with E-state index in [1.807, 2.05) is 26.0 Å². The van der Waals surface area contributed by atoms with E-state index in [1.165, 1.54) is 42.5 Å². The molecule has 1 amide bonds. The topological polar surface area (TPSA) is 75.3 Å². The van der Waals surface area contributed by atoms with Gasteiger partial charge in [0.1, 0.15) is 5.82 Å². The molecule has 0 atom stereocenters. The van der Waals surface area contributed by atoms with E-state index in [-0.39, 0.29) is 16.1 Å². The van der Waals surface area contributed by atoms with Crippen LogP contribution in [0.25, 0.3) is 0 Å². The lowest BCUT2D eigenvalue weighted by Gasteiger charge is -2.11. The molecule has 28 heavy (non-hydrogen) atoms. The minimum atomic E-state index is -4.05. The predicted octanol–water partition coefficient (Wildman–Crippen LogP) is 4.50. The third-order valence-corrected chi connectivity index (χ3v) is 5.52. The van der Waals surface area contributed by atoms with Crippen LogP contribution in [-0.4, -0.2) is 14.3 Å². The van der Waals surface area contributed by atoms with E-state index in [9.17, 15) is 17.6 Å². The lowest BCUT2D eigenvalue weighted by Crippen LogP contribution is -2.16. The number of carbonyl (C=O) groups is 1. The number of sulfonamides is 1. The van der Waals surface area contributed by atoms with Crippen LogP contribution in [0.3, 0.4) is 0 Å². The molecule has 2 N–H and O–H groups in total. The number of hydrogen-bond donors (Lipinski definition) is 2. The van der Waals surface area contributed by atoms with Crippen molar-refractivity contribution < 1.29 is 17.6 Å². The number of para-hydroxylation sites is 1. The molecule has 0 saturated carbocycles. The zero-order valence-electron chi connectivity index (χ0n) is 15.4. The van der Waals surface area contributed by atoms with Crippen LogP contribution in [0, 0.1) is 19.7 Å². The molecule has 0 aromatic heterocycles. The Labute approximate surface area is 163 Å². The number of benzene rings is 3. The summed E-state index contributed by atoms with van der Waals surface area (Å²) in [5.74, 6) is -1.12. The lowest BCUT2D eigenvalue weighted by molar-refractivity contribution is 0.102. The molecule has 0 aliphatic carbocycles. The van der Waals surface area contributed by atoms with Gasteiger partial charge in [-0.1, -0.05) is 35.9 Å². The Morgan fingerprint density at radius 2 is 1.64 bits per heavy atom. The number of aryl methyl sites for hydroxylation is 2. The van der Waals surface area contributed by atoms with Gasteiger partial charge in [-0.3, -0.25) is 9.52 Å². The highest BCUT2D eigenvalue weighted by Crippen LogP contribution is 2.21. The van der Waals surface area contributed by atoms with Crippen LogP contribution in [0.4, 0.5) is 15.8 Å². The maximum Gasteiger partial charge on any atom is 0.262 e. The molecule has 0 unspecified atom stereocenters. The summed E-state index contributed by atoms with van der Waals surface area (Å²) in [5.41, 5.74) is 2.64. The van der Waals surface area contributed by atoms with E-state index < -0.39 is 21.7 Å². The fraction of sp³-hybridized carbons (Fsp3) is 0.0952. The quantitative estimate of drug-likeness (QED) is 0.665. The smallest absolute Gasteiger partial charge is 0.262 e. The van der Waals surface area contributed by atoms with Gasteiger partial charge in [0.25, 0.3) is 15.9 Å². The average Bonchev–Trinajstić information content (AvgIpc) is 2.66. The largest absolute Gasteiger partial charge is 0.322 e. The third-order valence-electron chi connectivity index (χ3n) is 4.15. The number of rotatable bonds is 5. The highest BCUT2D eigenvalue weighted by molar-refractivity contribution is 7.92. The van der Waals surface area contributed by atoms with Crippen LogP contribution in [0.2, 0.25) is 0 Å². The Morgan fingerprint density at radius 3 is 2.36 bits per heavy atom. The maximum absolute atomic E-state index is 13.8. The van der Waals surface area contributed by atoms with Gasteiger partial charge >= 0.3 is 0 Å². The van der Waals surface area contributed by atoms with Crippen molar-refractivity contribution in [2.75, 3.05) is 10.0 Å². The van der Waals surface area contributed by atoms with Crippen molar-refractivity contribution in [3.8, 4) is 0 Å². The minimum absolute atomic E-state index is 0.135. The monoisotopic (exact) mass is 398 g/mol. The van der Waals surface area contributed by atoms with Crippen LogP contribution in [0.1, 0.15) is 21.5 Å². The predicted molar refractivity (Wildman–Crippen MR) is 108 cm³/mol. The molecule has 7 heteroatoms. The van der Waals surface area contributed by atoms with Crippen LogP contribution >= 0.6 is 0 Å². The molecular weight excluding hydrogens is 379 g/mol. The van der Waals surface area contributed by atoms with Crippen LogP contribution in [0.15, 0.2) is 71.6 Å². The van der Waals surface area contributed by atoms with E-state index in [2.05, 4.69) is 10.0 Å². The highest BCUT2D eigenvalue weighted by Gasteiger charge is 2.18. The second kappa shape index (κ2) is 7.82. The van der Waals surface area contributed by atoms with Crippen molar-refractivity contribution in [3.63, 3.8) is 0 Å². The van der Waals surface area contributed by atoms with Gasteiger partial charge in [-0.2, -0.15) is 0 Å². The van der Waals surface area contributed by atoms with Crippen molar-refractivity contribution in [1.29, 1.82) is 0 Å². The molecule has 3 rings (SSSR count). The van der Waals surface area contributed by atoms with Crippen LogP contribution < -0.4 is 10.0 Å². The summed E-state index contributed by atoms with van der Waals surface area (Å²) < 4.78 is 41.1. The van der Waals surface area contributed by atoms with E-state index in [4.69, 9.17) is 0 Å². The molecule has 0 heterocycles. The number of halogens is 1. The fourth-order valence-corrected chi connectivity index (χ4v) is 3.81. The van der Waals surface area contributed by atoms with Crippen molar-refractivity contribution in [1.82, 2.24) is 0 Å². The van der Waals surface area contributed by atoms with Crippen LogP contribution in [0.5, 0.6) is 0 Å². The molecule has 0 aliphatic heterocycles. The Kier molecular flexibility index (Phi) is 5.46. The van der Waals surface area contributed by atoms with Gasteiger partial charge in [-0.05, 0) is 55.8 Å². The molecule has 0 spiro atoms. The van der Waals surface area contributed by atoms with Gasteiger partial charge in [0.05, 0.1) is 10.6 Å². The normalized spacial score (nSPS) is 11.1. The second-order valence-corrected chi connectivity index (χ2v) is 8.07. The lowest BCUT2D eigenvalue weighted by atomic mass is 10.1. The minimum Gasteiger partial charge on any atom is -0.322 e. The Bertz CT molecular complexity index is 1140. The average molecular weight is 398 g/mol. The van der Waals surface area contributed by atoms with E-state index >= 15 is 0 Å². The summed E-state index contributed by atoms with van der Waals surface area (Å²) >= 11 is 0. The summed E-state index contributed by atoms with van der Waals surface area (Å²) in [6.07, 6.45) is 0. The summed E-state index contributed by atoms with van der Waals surface area (Å²) in [6, 6.07) is 16.7. The van der Waals surface area contributed by atoms with Crippen molar-refractivity contribution in [2.45, 2.75) is 18.7 Å². The van der Waals surface area contributed by atoms with Gasteiger partial charge in [0.15, 0.2) is 0 Å². The first kappa shape index (κ1) is 19.6. The molecule has 0 saturated heterocycles. The number of amides is 1. The van der Waals surface area contributed by atoms with E-state index in [1.54, 1.807) is 6.07 Å². The van der Waals surface area contributed by atoms with Gasteiger partial charge in [0, 0.05) is 11.3 Å². The van der Waals surface area contributed by atoms with Crippen molar-refractivity contribution >= 4 is 27.3 Å². The number of hydrogen-bond acceptors (Lipinski definition) is 3. The molecule has 0 radical (unpaired) electrons. The van der Waals surface area contributed by atoms with E-state index in [0.29, 0.717) is 5.69 Å². The Balaban J connectivity index is 1.85.